The Morgan fingerprint density at radius 3 is 2.59 bits per heavy atom. The van der Waals surface area contributed by atoms with Crippen LogP contribution in [0.4, 0.5) is 0 Å². The molecule has 1 N–H and O–H groups in total. The molecule has 0 aliphatic carbocycles. The van der Waals surface area contributed by atoms with Gasteiger partial charge in [-0.2, -0.15) is 0 Å². The predicted molar refractivity (Wildman–Crippen MR) is 121 cm³/mol. The summed E-state index contributed by atoms with van der Waals surface area (Å²) >= 11 is 1.45. The average Bonchev–Trinajstić information content (AvgIpc) is 3.41. The van der Waals surface area contributed by atoms with E-state index in [1.807, 2.05) is 62.0 Å². The summed E-state index contributed by atoms with van der Waals surface area (Å²) in [6, 6.07) is 12.0. The summed E-state index contributed by atoms with van der Waals surface area (Å²) in [7, 11) is 5.19. The molecule has 4 aromatic rings. The van der Waals surface area contributed by atoms with E-state index in [4.69, 9.17) is 4.74 Å². The average molecular weight is 408 g/mol. The fourth-order valence-corrected chi connectivity index (χ4v) is 4.01. The smallest absolute Gasteiger partial charge is 0.263 e. The lowest BCUT2D eigenvalue weighted by molar-refractivity contribution is 0.0832. The number of H-pyrrole nitrogens is 1. The topological polar surface area (TPSA) is 58.2 Å². The van der Waals surface area contributed by atoms with Gasteiger partial charge in [0.05, 0.1) is 12.0 Å². The molecule has 0 spiro atoms. The van der Waals surface area contributed by atoms with Gasteiger partial charge in [-0.15, -0.1) is 11.3 Å². The second-order valence-corrected chi connectivity index (χ2v) is 7.33. The summed E-state index contributed by atoms with van der Waals surface area (Å²) in [5.74, 6) is 0.829. The van der Waals surface area contributed by atoms with Crippen LogP contribution in [0.5, 0.6) is 5.75 Å². The van der Waals surface area contributed by atoms with Crippen molar-refractivity contribution >= 4 is 28.3 Å². The number of fused-ring (bicyclic) bond motifs is 1. The molecule has 0 saturated heterocycles. The van der Waals surface area contributed by atoms with Gasteiger partial charge in [0, 0.05) is 48.6 Å². The number of carbonyl (C=O) groups is 1. The summed E-state index contributed by atoms with van der Waals surface area (Å²) in [6.07, 6.45) is 3.78. The van der Waals surface area contributed by atoms with Gasteiger partial charge < -0.3 is 14.6 Å². The molecule has 0 fully saturated rings. The minimum absolute atomic E-state index is 0.0108. The Morgan fingerprint density at radius 1 is 1.10 bits per heavy atom. The summed E-state index contributed by atoms with van der Waals surface area (Å²) < 4.78 is 5.51. The van der Waals surface area contributed by atoms with Crippen LogP contribution in [-0.2, 0) is 0 Å². The minimum Gasteiger partial charge on any atom is -0.496 e. The predicted octanol–water partition coefficient (Wildman–Crippen LogP) is 5.70. The van der Waals surface area contributed by atoms with Crippen molar-refractivity contribution in [2.75, 3.05) is 21.2 Å². The van der Waals surface area contributed by atoms with Gasteiger partial charge in [-0.05, 0) is 29.1 Å². The van der Waals surface area contributed by atoms with E-state index >= 15 is 0 Å². The van der Waals surface area contributed by atoms with Crippen LogP contribution in [0.3, 0.4) is 0 Å². The third-order valence-corrected chi connectivity index (χ3v) is 5.40. The fraction of sp³-hybridized carbons (Fsp3) is 0.217. The maximum absolute atomic E-state index is 12.2. The zero-order valence-electron chi connectivity index (χ0n) is 17.3. The summed E-state index contributed by atoms with van der Waals surface area (Å²) in [4.78, 5) is 22.3. The van der Waals surface area contributed by atoms with Crippen LogP contribution in [0.15, 0.2) is 54.2 Å². The second kappa shape index (κ2) is 8.92. The molecule has 1 amide bonds. The monoisotopic (exact) mass is 407 g/mol. The standard InChI is InChI=1S/C21H19N3O2S.C2H6/c1-24(2)21(25)19-9-14(12-27-19)13-8-16-17(11-23-20(16)22-10-13)15-6-4-5-7-18(15)26-3;1-2/h4-12H,1-3H3,(H,22,23);1-2H3. The number of aromatic amines is 1. The second-order valence-electron chi connectivity index (χ2n) is 6.42. The summed E-state index contributed by atoms with van der Waals surface area (Å²) in [5, 5.41) is 3.01. The first-order valence-corrected chi connectivity index (χ1v) is 10.4. The molecular weight excluding hydrogens is 382 g/mol. The number of nitrogens with zero attached hydrogens (tertiary/aromatic N) is 2. The van der Waals surface area contributed by atoms with Gasteiger partial charge in [0.1, 0.15) is 11.4 Å². The van der Waals surface area contributed by atoms with Crippen molar-refractivity contribution in [2.45, 2.75) is 13.8 Å². The molecule has 0 saturated carbocycles. The van der Waals surface area contributed by atoms with Crippen molar-refractivity contribution in [1.29, 1.82) is 0 Å². The van der Waals surface area contributed by atoms with E-state index in [9.17, 15) is 4.79 Å². The summed E-state index contributed by atoms with van der Waals surface area (Å²) in [6.45, 7) is 4.00. The number of rotatable bonds is 4. The van der Waals surface area contributed by atoms with Crippen LogP contribution in [0.2, 0.25) is 0 Å². The lowest BCUT2D eigenvalue weighted by Crippen LogP contribution is -2.20. The molecule has 0 unspecified atom stereocenters. The molecule has 29 heavy (non-hydrogen) atoms. The van der Waals surface area contributed by atoms with Crippen molar-refractivity contribution in [3.05, 3.63) is 59.0 Å². The molecule has 0 bridgehead atoms. The number of carbonyl (C=O) groups excluding carboxylic acids is 1. The van der Waals surface area contributed by atoms with Gasteiger partial charge in [0.15, 0.2) is 0 Å². The van der Waals surface area contributed by atoms with E-state index in [1.165, 1.54) is 11.3 Å². The fourth-order valence-electron chi connectivity index (χ4n) is 3.07. The zero-order valence-corrected chi connectivity index (χ0v) is 18.1. The molecule has 0 aliphatic heterocycles. The number of hydrogen-bond acceptors (Lipinski definition) is 4. The Labute approximate surface area is 175 Å². The number of ether oxygens (including phenoxy) is 1. The highest BCUT2D eigenvalue weighted by Crippen LogP contribution is 2.36. The van der Waals surface area contributed by atoms with Crippen LogP contribution in [0.25, 0.3) is 33.3 Å². The zero-order chi connectivity index (χ0) is 21.0. The highest BCUT2D eigenvalue weighted by molar-refractivity contribution is 7.12. The number of aromatic nitrogens is 2. The number of pyridine rings is 1. The summed E-state index contributed by atoms with van der Waals surface area (Å²) in [5.41, 5.74) is 4.84. The van der Waals surface area contributed by atoms with E-state index < -0.39 is 0 Å². The molecule has 3 heterocycles. The quantitative estimate of drug-likeness (QED) is 0.472. The lowest BCUT2D eigenvalue weighted by atomic mass is 10.0. The molecule has 0 atom stereocenters. The molecule has 150 valence electrons. The number of thiophene rings is 1. The number of methoxy groups -OCH3 is 1. The van der Waals surface area contributed by atoms with Gasteiger partial charge in [-0.3, -0.25) is 4.79 Å². The Balaban J connectivity index is 0.00000117. The van der Waals surface area contributed by atoms with Gasteiger partial charge >= 0.3 is 0 Å². The number of amides is 1. The van der Waals surface area contributed by atoms with Gasteiger partial charge in [-0.1, -0.05) is 32.0 Å². The van der Waals surface area contributed by atoms with Gasteiger partial charge in [0.25, 0.3) is 5.91 Å². The van der Waals surface area contributed by atoms with E-state index in [1.54, 1.807) is 26.1 Å². The third kappa shape index (κ3) is 4.03. The Bertz CT molecular complexity index is 1130. The number of nitrogens with one attached hydrogen (secondary N) is 1. The molecule has 4 rings (SSSR count). The minimum atomic E-state index is 0.0108. The third-order valence-electron chi connectivity index (χ3n) is 4.48. The van der Waals surface area contributed by atoms with Crippen LogP contribution >= 0.6 is 11.3 Å². The van der Waals surface area contributed by atoms with Crippen LogP contribution in [0, 0.1) is 0 Å². The van der Waals surface area contributed by atoms with E-state index in [0.29, 0.717) is 4.88 Å². The molecule has 0 aliphatic rings. The largest absolute Gasteiger partial charge is 0.496 e. The Hall–Kier alpha value is -3.12. The molecular formula is C23H25N3O2S. The van der Waals surface area contributed by atoms with Gasteiger partial charge in [-0.25, -0.2) is 4.98 Å². The van der Waals surface area contributed by atoms with Crippen molar-refractivity contribution in [3.8, 4) is 28.0 Å². The molecule has 3 aromatic heterocycles. The molecule has 1 aromatic carbocycles. The normalized spacial score (nSPS) is 10.4. The SMILES string of the molecule is CC.COc1ccccc1-c1c[nH]c2ncc(-c3csc(C(=O)N(C)C)c3)cc12. The van der Waals surface area contributed by atoms with E-state index in [-0.39, 0.29) is 5.91 Å². The number of hydrogen-bond donors (Lipinski definition) is 1. The maximum Gasteiger partial charge on any atom is 0.263 e. The van der Waals surface area contributed by atoms with Crippen molar-refractivity contribution < 1.29 is 9.53 Å². The van der Waals surface area contributed by atoms with Crippen LogP contribution in [0.1, 0.15) is 23.5 Å². The highest BCUT2D eigenvalue weighted by Gasteiger charge is 2.15. The number of para-hydroxylation sites is 1. The lowest BCUT2D eigenvalue weighted by Gasteiger charge is -2.07. The van der Waals surface area contributed by atoms with Crippen molar-refractivity contribution in [1.82, 2.24) is 14.9 Å². The van der Waals surface area contributed by atoms with Crippen molar-refractivity contribution in [3.63, 3.8) is 0 Å². The van der Waals surface area contributed by atoms with Gasteiger partial charge in [0.2, 0.25) is 0 Å². The molecule has 6 heteroatoms. The van der Waals surface area contributed by atoms with Crippen molar-refractivity contribution in [2.24, 2.45) is 0 Å². The number of benzene rings is 1. The highest BCUT2D eigenvalue weighted by atomic mass is 32.1. The molecule has 0 radical (unpaired) electrons. The van der Waals surface area contributed by atoms with E-state index in [0.717, 1.165) is 39.0 Å². The molecule has 5 nitrogen and oxygen atoms in total. The van der Waals surface area contributed by atoms with Crippen LogP contribution < -0.4 is 4.74 Å². The van der Waals surface area contributed by atoms with E-state index in [2.05, 4.69) is 16.0 Å². The maximum atomic E-state index is 12.2. The first-order valence-electron chi connectivity index (χ1n) is 9.49. The van der Waals surface area contributed by atoms with Crippen LogP contribution in [-0.4, -0.2) is 42.0 Å². The Morgan fingerprint density at radius 2 is 1.86 bits per heavy atom. The first-order chi connectivity index (χ1) is 14.1. The first kappa shape index (κ1) is 20.6. The Kier molecular flexibility index (Phi) is 6.34.